The smallest absolute Gasteiger partial charge is 0.144 e. The van der Waals surface area contributed by atoms with Gasteiger partial charge in [-0.25, -0.2) is 0 Å². The molecule has 0 N–H and O–H groups in total. The molecule has 0 unspecified atom stereocenters. The Bertz CT molecular complexity index is 781. The zero-order chi connectivity index (χ0) is 14.8. The van der Waals surface area contributed by atoms with Crippen molar-refractivity contribution in [2.45, 2.75) is 24.0 Å². The fourth-order valence-electron chi connectivity index (χ4n) is 4.92. The van der Waals surface area contributed by atoms with E-state index in [1.165, 1.54) is 22.4 Å². The first-order valence-corrected chi connectivity index (χ1v) is 8.03. The number of hydrogen-bond donors (Lipinski definition) is 0. The van der Waals surface area contributed by atoms with E-state index in [1.807, 2.05) is 0 Å². The molecule has 0 amide bonds. The normalized spacial score (nSPS) is 31.7. The summed E-state index contributed by atoms with van der Waals surface area (Å²) in [5.41, 5.74) is 5.06. The third kappa shape index (κ3) is 1.18. The summed E-state index contributed by atoms with van der Waals surface area (Å²) in [5.74, 6) is 0. The fraction of sp³-hybridized carbons (Fsp3) is 0.300. The number of nitrogens with zero attached hydrogens (tertiary/aromatic N) is 1. The van der Waals surface area contributed by atoms with Gasteiger partial charge < -0.3 is 9.64 Å². The van der Waals surface area contributed by atoms with E-state index in [0.29, 0.717) is 0 Å². The van der Waals surface area contributed by atoms with Gasteiger partial charge in [0.1, 0.15) is 5.60 Å². The van der Waals surface area contributed by atoms with E-state index in [1.54, 1.807) is 0 Å². The number of benzene rings is 2. The number of rotatable bonds is 1. The Morgan fingerprint density at radius 1 is 1.00 bits per heavy atom. The highest BCUT2D eigenvalue weighted by atomic mass is 16.5. The summed E-state index contributed by atoms with van der Waals surface area (Å²) in [6.07, 6.45) is 4.55. The molecule has 2 heterocycles. The minimum absolute atomic E-state index is 0.0574. The van der Waals surface area contributed by atoms with Crippen molar-refractivity contribution in [2.75, 3.05) is 18.6 Å². The van der Waals surface area contributed by atoms with Crippen LogP contribution in [0.4, 0.5) is 5.69 Å². The number of likely N-dealkylation sites (N-methyl/N-ethyl adjacent to an activating group) is 1. The highest BCUT2D eigenvalue weighted by Crippen LogP contribution is 2.66. The number of para-hydroxylation sites is 1. The lowest BCUT2D eigenvalue weighted by atomic mass is 9.75. The number of ether oxygens (including phenoxy) is 1. The lowest BCUT2D eigenvalue weighted by Crippen LogP contribution is -2.51. The summed E-state index contributed by atoms with van der Waals surface area (Å²) in [6, 6.07) is 19.5. The molecule has 2 aliphatic heterocycles. The second-order valence-corrected chi connectivity index (χ2v) is 6.58. The molecule has 2 nitrogen and oxygen atoms in total. The Kier molecular flexibility index (Phi) is 2.28. The molecular formula is C20H19NO. The number of hydrogen-bond acceptors (Lipinski definition) is 2. The van der Waals surface area contributed by atoms with Crippen LogP contribution in [-0.2, 0) is 10.3 Å². The van der Waals surface area contributed by atoms with Gasteiger partial charge in [0.15, 0.2) is 0 Å². The van der Waals surface area contributed by atoms with Gasteiger partial charge >= 0.3 is 0 Å². The van der Waals surface area contributed by atoms with E-state index in [0.717, 1.165) is 19.4 Å². The minimum atomic E-state index is -0.292. The number of anilines is 1. The molecule has 0 aromatic heterocycles. The van der Waals surface area contributed by atoms with E-state index in [-0.39, 0.29) is 11.1 Å². The molecule has 0 radical (unpaired) electrons. The lowest BCUT2D eigenvalue weighted by molar-refractivity contribution is 0.0311. The average Bonchev–Trinajstić information content (AvgIpc) is 3.15. The maximum Gasteiger partial charge on any atom is 0.144 e. The van der Waals surface area contributed by atoms with Crippen molar-refractivity contribution in [3.05, 3.63) is 71.8 Å². The molecule has 1 fully saturated rings. The standard InChI is InChI=1S/C20H19NO/c1-21-18-10-6-5-9-17(18)20-16(15-7-3-2-4-8-15)11-12-19(20,21)13-14-22-20/h2-11H,12-14H2,1H3/t19-,20-/m0/s1. The molecule has 1 aliphatic carbocycles. The quantitative estimate of drug-likeness (QED) is 0.787. The highest BCUT2D eigenvalue weighted by molar-refractivity contribution is 5.87. The van der Waals surface area contributed by atoms with Gasteiger partial charge in [-0.3, -0.25) is 0 Å². The molecule has 0 bridgehead atoms. The van der Waals surface area contributed by atoms with Gasteiger partial charge in [-0.15, -0.1) is 0 Å². The van der Waals surface area contributed by atoms with E-state index in [2.05, 4.69) is 72.6 Å². The molecule has 0 spiro atoms. The summed E-state index contributed by atoms with van der Waals surface area (Å²) < 4.78 is 6.53. The van der Waals surface area contributed by atoms with Gasteiger partial charge in [0.25, 0.3) is 0 Å². The summed E-state index contributed by atoms with van der Waals surface area (Å²) >= 11 is 0. The molecule has 2 atom stereocenters. The Morgan fingerprint density at radius 2 is 1.77 bits per heavy atom. The SMILES string of the molecule is CN1c2ccccc2[C@]23OCC[C@]12CC=C3c1ccccc1. The van der Waals surface area contributed by atoms with Crippen molar-refractivity contribution in [3.63, 3.8) is 0 Å². The molecule has 3 aliphatic rings. The van der Waals surface area contributed by atoms with Crippen LogP contribution in [0.5, 0.6) is 0 Å². The summed E-state index contributed by atoms with van der Waals surface area (Å²) in [7, 11) is 2.23. The molecule has 2 heteroatoms. The molecule has 1 saturated heterocycles. The molecule has 0 saturated carbocycles. The van der Waals surface area contributed by atoms with Crippen LogP contribution >= 0.6 is 0 Å². The molecule has 2 aromatic carbocycles. The van der Waals surface area contributed by atoms with E-state index in [4.69, 9.17) is 4.74 Å². The highest BCUT2D eigenvalue weighted by Gasteiger charge is 2.68. The van der Waals surface area contributed by atoms with Crippen molar-refractivity contribution in [3.8, 4) is 0 Å². The van der Waals surface area contributed by atoms with Crippen LogP contribution in [0.2, 0.25) is 0 Å². The van der Waals surface area contributed by atoms with Crippen LogP contribution in [0, 0.1) is 0 Å². The van der Waals surface area contributed by atoms with Crippen molar-refractivity contribution >= 4 is 11.3 Å². The fourth-order valence-corrected chi connectivity index (χ4v) is 4.92. The van der Waals surface area contributed by atoms with Crippen LogP contribution < -0.4 is 4.90 Å². The second kappa shape index (κ2) is 4.02. The largest absolute Gasteiger partial charge is 0.365 e. The van der Waals surface area contributed by atoms with Crippen LogP contribution in [0.1, 0.15) is 24.0 Å². The van der Waals surface area contributed by atoms with Crippen LogP contribution in [0.3, 0.4) is 0 Å². The van der Waals surface area contributed by atoms with Crippen molar-refractivity contribution in [2.24, 2.45) is 0 Å². The summed E-state index contributed by atoms with van der Waals surface area (Å²) in [6.45, 7) is 0.836. The van der Waals surface area contributed by atoms with E-state index >= 15 is 0 Å². The first kappa shape index (κ1) is 12.5. The first-order valence-electron chi connectivity index (χ1n) is 8.03. The Hall–Kier alpha value is -2.06. The van der Waals surface area contributed by atoms with Gasteiger partial charge in [-0.2, -0.15) is 0 Å². The van der Waals surface area contributed by atoms with Crippen LogP contribution in [-0.4, -0.2) is 19.2 Å². The zero-order valence-corrected chi connectivity index (χ0v) is 12.8. The van der Waals surface area contributed by atoms with Crippen molar-refractivity contribution in [1.29, 1.82) is 0 Å². The topological polar surface area (TPSA) is 12.5 Å². The molecule has 22 heavy (non-hydrogen) atoms. The summed E-state index contributed by atoms with van der Waals surface area (Å²) in [4.78, 5) is 2.47. The maximum absolute atomic E-state index is 6.53. The van der Waals surface area contributed by atoms with Gasteiger partial charge in [0.05, 0.1) is 12.1 Å². The predicted octanol–water partition coefficient (Wildman–Crippen LogP) is 3.98. The first-order chi connectivity index (χ1) is 10.8. The lowest BCUT2D eigenvalue weighted by Gasteiger charge is -2.40. The van der Waals surface area contributed by atoms with Gasteiger partial charge in [0, 0.05) is 18.3 Å². The molecule has 2 aromatic rings. The Labute approximate surface area is 131 Å². The van der Waals surface area contributed by atoms with E-state index in [9.17, 15) is 0 Å². The third-order valence-corrected chi connectivity index (χ3v) is 5.88. The predicted molar refractivity (Wildman–Crippen MR) is 88.9 cm³/mol. The van der Waals surface area contributed by atoms with Crippen LogP contribution in [0.15, 0.2) is 60.7 Å². The Morgan fingerprint density at radius 3 is 2.64 bits per heavy atom. The monoisotopic (exact) mass is 289 g/mol. The van der Waals surface area contributed by atoms with Gasteiger partial charge in [-0.05, 0) is 30.0 Å². The van der Waals surface area contributed by atoms with Gasteiger partial charge in [0.2, 0.25) is 0 Å². The van der Waals surface area contributed by atoms with Crippen molar-refractivity contribution < 1.29 is 4.74 Å². The second-order valence-electron chi connectivity index (χ2n) is 6.58. The zero-order valence-electron chi connectivity index (χ0n) is 12.8. The van der Waals surface area contributed by atoms with Gasteiger partial charge in [-0.1, -0.05) is 54.6 Å². The van der Waals surface area contributed by atoms with Crippen LogP contribution in [0.25, 0.3) is 5.57 Å². The Balaban J connectivity index is 1.80. The number of fused-ring (bicyclic) bond motifs is 1. The maximum atomic E-state index is 6.53. The van der Waals surface area contributed by atoms with E-state index < -0.39 is 0 Å². The molecular weight excluding hydrogens is 270 g/mol. The third-order valence-electron chi connectivity index (χ3n) is 5.88. The summed E-state index contributed by atoms with van der Waals surface area (Å²) in [5, 5.41) is 0. The molecule has 110 valence electrons. The minimum Gasteiger partial charge on any atom is -0.365 e. The molecule has 5 rings (SSSR count). The average molecular weight is 289 g/mol. The van der Waals surface area contributed by atoms with Crippen molar-refractivity contribution in [1.82, 2.24) is 0 Å².